The predicted octanol–water partition coefficient (Wildman–Crippen LogP) is 0.923. The molecule has 1 N–H and O–H groups in total. The van der Waals surface area contributed by atoms with Crippen LogP contribution < -0.4 is 5.32 Å². The number of benzene rings is 1. The van der Waals surface area contributed by atoms with E-state index < -0.39 is 0 Å². The molecule has 100 valence electrons. The fourth-order valence-corrected chi connectivity index (χ4v) is 1.56. The molecule has 0 aliphatic heterocycles. The summed E-state index contributed by atoms with van der Waals surface area (Å²) >= 11 is 0. The van der Waals surface area contributed by atoms with Gasteiger partial charge in [0.25, 0.3) is 0 Å². The lowest BCUT2D eigenvalue weighted by Crippen LogP contribution is -2.23. The van der Waals surface area contributed by atoms with Crippen LogP contribution >= 0.6 is 0 Å². The lowest BCUT2D eigenvalue weighted by atomic mass is 10.1. The van der Waals surface area contributed by atoms with E-state index in [1.165, 1.54) is 7.11 Å². The molecule has 19 heavy (non-hydrogen) atoms. The van der Waals surface area contributed by atoms with E-state index in [1.807, 2.05) is 30.3 Å². The zero-order valence-corrected chi connectivity index (χ0v) is 10.6. The van der Waals surface area contributed by atoms with E-state index in [9.17, 15) is 4.79 Å². The number of carbonyl (C=O) groups is 1. The monoisotopic (exact) mass is 261 g/mol. The van der Waals surface area contributed by atoms with Gasteiger partial charge >= 0.3 is 5.97 Å². The van der Waals surface area contributed by atoms with Crippen LogP contribution in [-0.2, 0) is 22.5 Å². The topological polar surface area (TPSA) is 77.2 Å². The summed E-state index contributed by atoms with van der Waals surface area (Å²) < 4.78 is 9.58. The van der Waals surface area contributed by atoms with Crippen molar-refractivity contribution in [2.75, 3.05) is 13.7 Å². The van der Waals surface area contributed by atoms with Crippen LogP contribution in [0, 0.1) is 0 Å². The van der Waals surface area contributed by atoms with Gasteiger partial charge in [0.2, 0.25) is 5.89 Å². The molecule has 1 aromatic carbocycles. The second-order valence-electron chi connectivity index (χ2n) is 3.95. The maximum absolute atomic E-state index is 10.9. The van der Waals surface area contributed by atoms with Gasteiger partial charge in [0.05, 0.1) is 20.2 Å². The van der Waals surface area contributed by atoms with E-state index in [2.05, 4.69) is 20.2 Å². The molecular weight excluding hydrogens is 246 g/mol. The molecule has 0 unspecified atom stereocenters. The largest absolute Gasteiger partial charge is 0.468 e. The van der Waals surface area contributed by atoms with E-state index in [-0.39, 0.29) is 12.5 Å². The molecule has 0 saturated carbocycles. The second-order valence-corrected chi connectivity index (χ2v) is 3.95. The van der Waals surface area contributed by atoms with Crippen molar-refractivity contribution in [1.82, 2.24) is 15.5 Å². The van der Waals surface area contributed by atoms with Gasteiger partial charge in [0.15, 0.2) is 5.82 Å². The zero-order valence-electron chi connectivity index (χ0n) is 10.6. The van der Waals surface area contributed by atoms with Crippen molar-refractivity contribution in [3.05, 3.63) is 47.6 Å². The third kappa shape index (κ3) is 4.18. The molecule has 2 rings (SSSR count). The van der Waals surface area contributed by atoms with Crippen molar-refractivity contribution in [2.45, 2.75) is 13.0 Å². The average molecular weight is 261 g/mol. The first-order valence-electron chi connectivity index (χ1n) is 5.91. The Morgan fingerprint density at radius 2 is 2.16 bits per heavy atom. The standard InChI is InChI=1S/C13H15N3O3/c1-18-13(17)9-14-8-12-15-11(16-19-12)7-10-5-3-2-4-6-10/h2-6,14H,7-9H2,1H3. The fourth-order valence-electron chi connectivity index (χ4n) is 1.56. The van der Waals surface area contributed by atoms with Gasteiger partial charge < -0.3 is 9.26 Å². The van der Waals surface area contributed by atoms with Crippen LogP contribution in [0.2, 0.25) is 0 Å². The van der Waals surface area contributed by atoms with Crippen LogP contribution in [0.15, 0.2) is 34.9 Å². The molecular formula is C13H15N3O3. The Bertz CT molecular complexity index is 525. The third-order valence-electron chi connectivity index (χ3n) is 2.49. The Morgan fingerprint density at radius 3 is 2.89 bits per heavy atom. The van der Waals surface area contributed by atoms with Crippen LogP contribution in [0.25, 0.3) is 0 Å². The number of rotatable bonds is 6. The Hall–Kier alpha value is -2.21. The van der Waals surface area contributed by atoms with Crippen LogP contribution in [0.4, 0.5) is 0 Å². The second kappa shape index (κ2) is 6.65. The Morgan fingerprint density at radius 1 is 1.37 bits per heavy atom. The minimum atomic E-state index is -0.330. The summed E-state index contributed by atoms with van der Waals surface area (Å²) in [4.78, 5) is 15.1. The Balaban J connectivity index is 1.84. The summed E-state index contributed by atoms with van der Waals surface area (Å²) in [5, 5.41) is 6.75. The van der Waals surface area contributed by atoms with Crippen molar-refractivity contribution >= 4 is 5.97 Å². The summed E-state index contributed by atoms with van der Waals surface area (Å²) in [7, 11) is 1.34. The van der Waals surface area contributed by atoms with Gasteiger partial charge in [-0.15, -0.1) is 0 Å². The van der Waals surface area contributed by atoms with Crippen molar-refractivity contribution in [3.63, 3.8) is 0 Å². The van der Waals surface area contributed by atoms with E-state index in [1.54, 1.807) is 0 Å². The number of esters is 1. The van der Waals surface area contributed by atoms with Gasteiger partial charge in [-0.05, 0) is 5.56 Å². The lowest BCUT2D eigenvalue weighted by Gasteiger charge is -1.98. The molecule has 2 aromatic rings. The van der Waals surface area contributed by atoms with Crippen LogP contribution in [0.5, 0.6) is 0 Å². The summed E-state index contributed by atoms with van der Waals surface area (Å²) in [5.41, 5.74) is 1.12. The quantitative estimate of drug-likeness (QED) is 0.779. The van der Waals surface area contributed by atoms with Crippen molar-refractivity contribution in [2.24, 2.45) is 0 Å². The highest BCUT2D eigenvalue weighted by atomic mass is 16.5. The molecule has 0 fully saturated rings. The van der Waals surface area contributed by atoms with Crippen molar-refractivity contribution < 1.29 is 14.1 Å². The summed E-state index contributed by atoms with van der Waals surface area (Å²) in [6.45, 7) is 0.462. The van der Waals surface area contributed by atoms with Crippen molar-refractivity contribution in [1.29, 1.82) is 0 Å². The number of hydrogen-bond acceptors (Lipinski definition) is 6. The fraction of sp³-hybridized carbons (Fsp3) is 0.308. The van der Waals surface area contributed by atoms with Crippen LogP contribution in [-0.4, -0.2) is 29.8 Å². The van der Waals surface area contributed by atoms with Gasteiger partial charge in [-0.2, -0.15) is 4.98 Å². The highest BCUT2D eigenvalue weighted by Crippen LogP contribution is 2.06. The number of aromatic nitrogens is 2. The molecule has 0 aliphatic rings. The van der Waals surface area contributed by atoms with Gasteiger partial charge in [-0.1, -0.05) is 35.5 Å². The maximum atomic E-state index is 10.9. The van der Waals surface area contributed by atoms with E-state index in [0.717, 1.165) is 5.56 Å². The normalized spacial score (nSPS) is 10.4. The van der Waals surface area contributed by atoms with Crippen LogP contribution in [0.1, 0.15) is 17.3 Å². The minimum Gasteiger partial charge on any atom is -0.468 e. The van der Waals surface area contributed by atoms with E-state index in [4.69, 9.17) is 4.52 Å². The first kappa shape index (κ1) is 13.2. The summed E-state index contributed by atoms with van der Waals surface area (Å²) in [6.07, 6.45) is 0.626. The molecule has 1 heterocycles. The molecule has 0 aliphatic carbocycles. The highest BCUT2D eigenvalue weighted by molar-refractivity contribution is 5.71. The Kier molecular flexibility index (Phi) is 4.63. The molecule has 0 spiro atoms. The average Bonchev–Trinajstić information content (AvgIpc) is 2.87. The molecule has 0 radical (unpaired) electrons. The van der Waals surface area contributed by atoms with Gasteiger partial charge in [0.1, 0.15) is 0 Å². The van der Waals surface area contributed by atoms with Gasteiger partial charge in [0, 0.05) is 6.42 Å². The molecule has 1 aromatic heterocycles. The Labute approximate surface area is 110 Å². The molecule has 6 heteroatoms. The number of ether oxygens (including phenoxy) is 1. The third-order valence-corrected chi connectivity index (χ3v) is 2.49. The molecule has 0 atom stereocenters. The van der Waals surface area contributed by atoms with Gasteiger partial charge in [-0.25, -0.2) is 0 Å². The first-order valence-corrected chi connectivity index (χ1v) is 5.91. The van der Waals surface area contributed by atoms with E-state index in [0.29, 0.717) is 24.7 Å². The number of carbonyl (C=O) groups excluding carboxylic acids is 1. The summed E-state index contributed by atoms with van der Waals surface area (Å²) in [6, 6.07) is 9.90. The molecule has 0 saturated heterocycles. The predicted molar refractivity (Wildman–Crippen MR) is 67.3 cm³/mol. The maximum Gasteiger partial charge on any atom is 0.319 e. The molecule has 0 amide bonds. The number of methoxy groups -OCH3 is 1. The molecule has 6 nitrogen and oxygen atoms in total. The number of hydrogen-bond donors (Lipinski definition) is 1. The lowest BCUT2D eigenvalue weighted by molar-refractivity contribution is -0.139. The summed E-state index contributed by atoms with van der Waals surface area (Å²) in [5.74, 6) is 0.750. The SMILES string of the molecule is COC(=O)CNCc1nc(Cc2ccccc2)no1. The zero-order chi connectivity index (χ0) is 13.5. The smallest absolute Gasteiger partial charge is 0.319 e. The van der Waals surface area contributed by atoms with Crippen LogP contribution in [0.3, 0.4) is 0 Å². The number of nitrogens with zero attached hydrogens (tertiary/aromatic N) is 2. The van der Waals surface area contributed by atoms with E-state index >= 15 is 0 Å². The molecule has 0 bridgehead atoms. The highest BCUT2D eigenvalue weighted by Gasteiger charge is 2.07. The first-order chi connectivity index (χ1) is 9.28. The minimum absolute atomic E-state index is 0.118. The van der Waals surface area contributed by atoms with Crippen molar-refractivity contribution in [3.8, 4) is 0 Å². The number of nitrogens with one attached hydrogen (secondary N) is 1. The van der Waals surface area contributed by atoms with Gasteiger partial charge in [-0.3, -0.25) is 10.1 Å².